The second kappa shape index (κ2) is 8.86. The molecule has 0 saturated carbocycles. The van der Waals surface area contributed by atoms with E-state index in [4.69, 9.17) is 11.6 Å². The Bertz CT molecular complexity index is 1280. The van der Waals surface area contributed by atoms with Crippen molar-refractivity contribution in [1.29, 1.82) is 0 Å². The number of aryl methyl sites for hydroxylation is 3. The molecule has 0 unspecified atom stereocenters. The average molecular weight is 463 g/mol. The molecule has 4 heterocycles. The number of fused-ring (bicyclic) bond motifs is 1. The summed E-state index contributed by atoms with van der Waals surface area (Å²) >= 11 is 6.41. The molecule has 0 radical (unpaired) electrons. The maximum atomic E-state index is 6.41. The van der Waals surface area contributed by atoms with Crippen LogP contribution in [0.15, 0.2) is 42.7 Å². The second-order valence-electron chi connectivity index (χ2n) is 8.56. The van der Waals surface area contributed by atoms with Crippen LogP contribution in [-0.4, -0.2) is 43.9 Å². The summed E-state index contributed by atoms with van der Waals surface area (Å²) in [6, 6.07) is 10.6. The van der Waals surface area contributed by atoms with E-state index >= 15 is 0 Å². The Morgan fingerprint density at radius 2 is 1.85 bits per heavy atom. The van der Waals surface area contributed by atoms with E-state index in [0.29, 0.717) is 22.8 Å². The van der Waals surface area contributed by atoms with Gasteiger partial charge in [0.25, 0.3) is 0 Å². The predicted molar refractivity (Wildman–Crippen MR) is 134 cm³/mol. The number of hydrogen-bond donors (Lipinski definition) is 2. The van der Waals surface area contributed by atoms with Gasteiger partial charge in [0.05, 0.1) is 11.7 Å². The Morgan fingerprint density at radius 3 is 2.61 bits per heavy atom. The van der Waals surface area contributed by atoms with Crippen molar-refractivity contribution < 1.29 is 0 Å². The summed E-state index contributed by atoms with van der Waals surface area (Å²) in [6.07, 6.45) is 5.51. The summed E-state index contributed by atoms with van der Waals surface area (Å²) in [5.74, 6) is 2.18. The number of pyridine rings is 1. The zero-order chi connectivity index (χ0) is 22.9. The maximum Gasteiger partial charge on any atom is 0.229 e. The Balaban J connectivity index is 1.25. The Morgan fingerprint density at radius 1 is 1.03 bits per heavy atom. The van der Waals surface area contributed by atoms with E-state index in [9.17, 15) is 0 Å². The van der Waals surface area contributed by atoms with E-state index in [2.05, 4.69) is 67.6 Å². The van der Waals surface area contributed by atoms with Gasteiger partial charge in [-0.3, -0.25) is 4.68 Å². The number of aromatic nitrogens is 5. The molecule has 1 aromatic carbocycles. The molecule has 0 amide bonds. The van der Waals surface area contributed by atoms with E-state index in [1.165, 1.54) is 5.56 Å². The maximum absolute atomic E-state index is 6.41. The molecule has 1 saturated heterocycles. The van der Waals surface area contributed by atoms with Gasteiger partial charge >= 0.3 is 0 Å². The Kier molecular flexibility index (Phi) is 5.76. The van der Waals surface area contributed by atoms with Crippen molar-refractivity contribution in [3.05, 3.63) is 59.0 Å². The Hall–Kier alpha value is -3.39. The van der Waals surface area contributed by atoms with Crippen LogP contribution >= 0.6 is 11.6 Å². The number of nitrogens with one attached hydrogen (secondary N) is 2. The lowest BCUT2D eigenvalue weighted by Crippen LogP contribution is -2.39. The van der Waals surface area contributed by atoms with Gasteiger partial charge in [-0.1, -0.05) is 17.7 Å². The zero-order valence-electron chi connectivity index (χ0n) is 19.0. The monoisotopic (exact) mass is 462 g/mol. The third-order valence-electron chi connectivity index (χ3n) is 6.19. The molecule has 8 nitrogen and oxygen atoms in total. The summed E-state index contributed by atoms with van der Waals surface area (Å²) in [5.41, 5.74) is 4.12. The highest BCUT2D eigenvalue weighted by atomic mass is 35.5. The number of hydrogen-bond acceptors (Lipinski definition) is 7. The molecule has 0 aliphatic carbocycles. The summed E-state index contributed by atoms with van der Waals surface area (Å²) in [6.45, 7) is 5.99. The van der Waals surface area contributed by atoms with Gasteiger partial charge in [-0.2, -0.15) is 10.1 Å². The van der Waals surface area contributed by atoms with Crippen LogP contribution < -0.4 is 15.5 Å². The van der Waals surface area contributed by atoms with Gasteiger partial charge in [0.2, 0.25) is 5.95 Å². The summed E-state index contributed by atoms with van der Waals surface area (Å²) in [7, 11) is 1.95. The predicted octanol–water partition coefficient (Wildman–Crippen LogP) is 4.85. The fourth-order valence-electron chi connectivity index (χ4n) is 4.16. The quantitative estimate of drug-likeness (QED) is 0.438. The number of piperidine rings is 1. The van der Waals surface area contributed by atoms with E-state index in [1.54, 1.807) is 6.20 Å². The minimum Gasteiger partial charge on any atom is -0.366 e. The number of rotatable bonds is 5. The molecular formula is C24H27ClN8. The average Bonchev–Trinajstić information content (AvgIpc) is 3.10. The summed E-state index contributed by atoms with van der Waals surface area (Å²) in [4.78, 5) is 15.9. The molecule has 1 aliphatic rings. The van der Waals surface area contributed by atoms with Gasteiger partial charge in [0.1, 0.15) is 10.8 Å². The number of anilines is 4. The highest BCUT2D eigenvalue weighted by Crippen LogP contribution is 2.27. The van der Waals surface area contributed by atoms with Crippen LogP contribution in [-0.2, 0) is 7.05 Å². The summed E-state index contributed by atoms with van der Waals surface area (Å²) in [5, 5.41) is 13.0. The lowest BCUT2D eigenvalue weighted by molar-refractivity contribution is 0.522. The normalized spacial score (nSPS) is 14.6. The van der Waals surface area contributed by atoms with Gasteiger partial charge < -0.3 is 15.5 Å². The van der Waals surface area contributed by atoms with E-state index in [1.807, 2.05) is 30.1 Å². The van der Waals surface area contributed by atoms with Crippen LogP contribution in [0.4, 0.5) is 23.3 Å². The second-order valence-corrected chi connectivity index (χ2v) is 8.96. The van der Waals surface area contributed by atoms with Crippen LogP contribution in [0.2, 0.25) is 5.02 Å². The van der Waals surface area contributed by atoms with Crippen molar-refractivity contribution in [2.45, 2.75) is 32.7 Å². The number of benzene rings is 1. The molecule has 9 heteroatoms. The first-order valence-electron chi connectivity index (χ1n) is 11.1. The van der Waals surface area contributed by atoms with Crippen molar-refractivity contribution >= 4 is 45.8 Å². The molecule has 0 atom stereocenters. The van der Waals surface area contributed by atoms with Crippen LogP contribution in [0.25, 0.3) is 10.9 Å². The molecule has 3 aromatic heterocycles. The number of halogens is 1. The van der Waals surface area contributed by atoms with Gasteiger partial charge in [-0.15, -0.1) is 0 Å². The lowest BCUT2D eigenvalue weighted by atomic mass is 10.0. The van der Waals surface area contributed by atoms with Crippen molar-refractivity contribution in [2.24, 2.45) is 7.05 Å². The molecule has 1 fully saturated rings. The SMILES string of the molecule is Cc1ccc(N2CCC(Nc3nc(Nc4ccc5c(C)n(C)nc5c4)ncc3Cl)CC2)nc1. The van der Waals surface area contributed by atoms with Crippen LogP contribution in [0.1, 0.15) is 24.1 Å². The van der Waals surface area contributed by atoms with E-state index in [-0.39, 0.29) is 0 Å². The molecule has 0 spiro atoms. The molecule has 33 heavy (non-hydrogen) atoms. The third kappa shape index (κ3) is 4.57. The molecule has 4 aromatic rings. The molecular weight excluding hydrogens is 436 g/mol. The highest BCUT2D eigenvalue weighted by Gasteiger charge is 2.21. The first-order valence-corrected chi connectivity index (χ1v) is 11.5. The van der Waals surface area contributed by atoms with Gasteiger partial charge in [0.15, 0.2) is 5.82 Å². The van der Waals surface area contributed by atoms with Crippen molar-refractivity contribution in [3.8, 4) is 0 Å². The largest absolute Gasteiger partial charge is 0.366 e. The van der Waals surface area contributed by atoms with Crippen molar-refractivity contribution in [1.82, 2.24) is 24.7 Å². The third-order valence-corrected chi connectivity index (χ3v) is 6.46. The minimum absolute atomic E-state index is 0.291. The molecule has 1 aliphatic heterocycles. The van der Waals surface area contributed by atoms with Gasteiger partial charge in [0, 0.05) is 49.1 Å². The van der Waals surface area contributed by atoms with E-state index < -0.39 is 0 Å². The van der Waals surface area contributed by atoms with Crippen molar-refractivity contribution in [3.63, 3.8) is 0 Å². The van der Waals surface area contributed by atoms with Crippen LogP contribution in [0.3, 0.4) is 0 Å². The first-order chi connectivity index (χ1) is 16.0. The topological polar surface area (TPSA) is 83.8 Å². The lowest BCUT2D eigenvalue weighted by Gasteiger charge is -2.33. The smallest absolute Gasteiger partial charge is 0.229 e. The van der Waals surface area contributed by atoms with Crippen molar-refractivity contribution in [2.75, 3.05) is 28.6 Å². The van der Waals surface area contributed by atoms with Crippen LogP contribution in [0.5, 0.6) is 0 Å². The van der Waals surface area contributed by atoms with Gasteiger partial charge in [-0.25, -0.2) is 9.97 Å². The molecule has 2 N–H and O–H groups in total. The zero-order valence-corrected chi connectivity index (χ0v) is 19.8. The fraction of sp³-hybridized carbons (Fsp3) is 0.333. The Labute approximate surface area is 198 Å². The molecule has 0 bridgehead atoms. The first kappa shape index (κ1) is 21.5. The van der Waals surface area contributed by atoms with Gasteiger partial charge in [-0.05, 0) is 56.5 Å². The standard InChI is InChI=1S/C24H27ClN8/c1-15-4-7-22(26-13-15)33-10-8-17(9-11-33)28-23-20(25)14-27-24(30-23)29-18-5-6-19-16(2)32(3)31-21(19)12-18/h4-7,12-14,17H,8-11H2,1-3H3,(H2,27,28,29,30). The number of nitrogens with zero attached hydrogens (tertiary/aromatic N) is 6. The van der Waals surface area contributed by atoms with E-state index in [0.717, 1.165) is 54.0 Å². The summed E-state index contributed by atoms with van der Waals surface area (Å²) < 4.78 is 1.88. The van der Waals surface area contributed by atoms with Crippen LogP contribution in [0, 0.1) is 13.8 Å². The minimum atomic E-state index is 0.291. The molecule has 5 rings (SSSR count). The highest BCUT2D eigenvalue weighted by molar-refractivity contribution is 6.32. The molecule has 170 valence electrons. The fourth-order valence-corrected chi connectivity index (χ4v) is 4.31.